The molecule has 2 rings (SSSR count). The van der Waals surface area contributed by atoms with Crippen LogP contribution in [0.3, 0.4) is 0 Å². The van der Waals surface area contributed by atoms with Crippen LogP contribution in [0.5, 0.6) is 11.5 Å². The maximum Gasteiger partial charge on any atom is 0.163 e. The van der Waals surface area contributed by atoms with Gasteiger partial charge in [-0.2, -0.15) is 0 Å². The minimum atomic E-state index is -0.739. The van der Waals surface area contributed by atoms with Gasteiger partial charge in [0.25, 0.3) is 0 Å². The molecule has 3 N–H and O–H groups in total. The molecule has 0 unspecified atom stereocenters. The molecule has 1 aromatic carbocycles. The van der Waals surface area contributed by atoms with E-state index in [9.17, 15) is 9.50 Å². The molecular formula is C13H18FNO3. The Morgan fingerprint density at radius 1 is 1.28 bits per heavy atom. The quantitative estimate of drug-likeness (QED) is 0.839. The van der Waals surface area contributed by atoms with Crippen molar-refractivity contribution in [3.8, 4) is 11.5 Å². The Bertz CT molecular complexity index is 434. The fraction of sp³-hybridized carbons (Fsp3) is 0.538. The lowest BCUT2D eigenvalue weighted by Gasteiger charge is -2.20. The lowest BCUT2D eigenvalue weighted by Crippen LogP contribution is -2.28. The van der Waals surface area contributed by atoms with Crippen LogP contribution in [0.1, 0.15) is 24.4 Å². The standard InChI is InChI=1S/C13H18FNO3/c1-17-10-5-8(9(14)6-11(10)18-2)12(15)13(16)7-3-4-7/h5-7,12-13,16H,3-4,15H2,1-2H3/t12-,13+/m0/s1. The van der Waals surface area contributed by atoms with Crippen molar-refractivity contribution in [1.29, 1.82) is 0 Å². The van der Waals surface area contributed by atoms with Crippen LogP contribution in [0, 0.1) is 11.7 Å². The third-order valence-corrected chi connectivity index (χ3v) is 3.33. The average molecular weight is 255 g/mol. The molecule has 1 aliphatic rings. The molecular weight excluding hydrogens is 237 g/mol. The van der Waals surface area contributed by atoms with E-state index in [0.29, 0.717) is 11.5 Å². The average Bonchev–Trinajstić information content (AvgIpc) is 3.20. The molecule has 18 heavy (non-hydrogen) atoms. The van der Waals surface area contributed by atoms with Gasteiger partial charge in [0, 0.05) is 11.6 Å². The molecule has 0 heterocycles. The van der Waals surface area contributed by atoms with E-state index in [1.54, 1.807) is 0 Å². The van der Waals surface area contributed by atoms with Gasteiger partial charge in [-0.25, -0.2) is 4.39 Å². The van der Waals surface area contributed by atoms with E-state index >= 15 is 0 Å². The second kappa shape index (κ2) is 5.12. The zero-order valence-corrected chi connectivity index (χ0v) is 10.5. The molecule has 1 aliphatic carbocycles. The molecule has 4 nitrogen and oxygen atoms in total. The van der Waals surface area contributed by atoms with E-state index in [4.69, 9.17) is 15.2 Å². The Hall–Kier alpha value is -1.33. The first-order chi connectivity index (χ1) is 8.58. The normalized spacial score (nSPS) is 18.3. The number of nitrogens with two attached hydrogens (primary N) is 1. The minimum Gasteiger partial charge on any atom is -0.493 e. The van der Waals surface area contributed by atoms with Gasteiger partial charge in [0.2, 0.25) is 0 Å². The number of aliphatic hydroxyl groups is 1. The number of methoxy groups -OCH3 is 2. The topological polar surface area (TPSA) is 64.7 Å². The fourth-order valence-electron chi connectivity index (χ4n) is 2.04. The fourth-order valence-corrected chi connectivity index (χ4v) is 2.04. The predicted octanol–water partition coefficient (Wildman–Crippen LogP) is 1.61. The number of hydrogen-bond donors (Lipinski definition) is 2. The number of halogens is 1. The third kappa shape index (κ3) is 2.42. The molecule has 1 aromatic rings. The van der Waals surface area contributed by atoms with Crippen LogP contribution in [0.4, 0.5) is 4.39 Å². The van der Waals surface area contributed by atoms with Gasteiger partial charge in [-0.3, -0.25) is 0 Å². The molecule has 0 bridgehead atoms. The van der Waals surface area contributed by atoms with E-state index in [1.807, 2.05) is 0 Å². The van der Waals surface area contributed by atoms with Crippen LogP contribution < -0.4 is 15.2 Å². The van der Waals surface area contributed by atoms with Crippen molar-refractivity contribution in [2.45, 2.75) is 25.0 Å². The summed E-state index contributed by atoms with van der Waals surface area (Å²) >= 11 is 0. The Labute approximate surface area is 106 Å². The highest BCUT2D eigenvalue weighted by Crippen LogP contribution is 2.39. The van der Waals surface area contributed by atoms with E-state index < -0.39 is 18.0 Å². The lowest BCUT2D eigenvalue weighted by atomic mass is 9.98. The van der Waals surface area contributed by atoms with Crippen molar-refractivity contribution in [2.75, 3.05) is 14.2 Å². The smallest absolute Gasteiger partial charge is 0.163 e. The number of rotatable bonds is 5. The molecule has 0 saturated heterocycles. The summed E-state index contributed by atoms with van der Waals surface area (Å²) in [7, 11) is 2.92. The highest BCUT2D eigenvalue weighted by molar-refractivity contribution is 5.45. The summed E-state index contributed by atoms with van der Waals surface area (Å²) in [5.41, 5.74) is 6.17. The minimum absolute atomic E-state index is 0.187. The van der Waals surface area contributed by atoms with Crippen LogP contribution in [0.15, 0.2) is 12.1 Å². The van der Waals surface area contributed by atoms with Gasteiger partial charge in [-0.15, -0.1) is 0 Å². The van der Waals surface area contributed by atoms with Crippen LogP contribution in [0.25, 0.3) is 0 Å². The zero-order valence-electron chi connectivity index (χ0n) is 10.5. The SMILES string of the molecule is COc1cc(F)c([C@H](N)[C@H](O)C2CC2)cc1OC. The van der Waals surface area contributed by atoms with Crippen molar-refractivity contribution < 1.29 is 19.0 Å². The number of hydrogen-bond acceptors (Lipinski definition) is 4. The summed E-state index contributed by atoms with van der Waals surface area (Å²) in [6, 6.07) is 1.98. The first-order valence-corrected chi connectivity index (χ1v) is 5.93. The Morgan fingerprint density at radius 2 is 1.83 bits per heavy atom. The zero-order chi connectivity index (χ0) is 13.3. The van der Waals surface area contributed by atoms with Crippen LogP contribution >= 0.6 is 0 Å². The number of benzene rings is 1. The maximum absolute atomic E-state index is 13.9. The van der Waals surface area contributed by atoms with E-state index in [2.05, 4.69) is 0 Å². The van der Waals surface area contributed by atoms with Gasteiger partial charge in [-0.05, 0) is 24.8 Å². The first-order valence-electron chi connectivity index (χ1n) is 5.93. The molecule has 0 amide bonds. The van der Waals surface area contributed by atoms with Crippen molar-refractivity contribution in [2.24, 2.45) is 11.7 Å². The van der Waals surface area contributed by atoms with Crippen molar-refractivity contribution in [3.05, 3.63) is 23.5 Å². The Morgan fingerprint density at radius 3 is 2.33 bits per heavy atom. The van der Waals surface area contributed by atoms with E-state index in [0.717, 1.165) is 12.8 Å². The second-order valence-electron chi connectivity index (χ2n) is 4.58. The van der Waals surface area contributed by atoms with Crippen molar-refractivity contribution >= 4 is 0 Å². The van der Waals surface area contributed by atoms with Gasteiger partial charge in [0.15, 0.2) is 11.5 Å². The van der Waals surface area contributed by atoms with Gasteiger partial charge < -0.3 is 20.3 Å². The van der Waals surface area contributed by atoms with Gasteiger partial charge in [0.05, 0.1) is 26.4 Å². The molecule has 0 aromatic heterocycles. The third-order valence-electron chi connectivity index (χ3n) is 3.33. The number of ether oxygens (including phenoxy) is 2. The summed E-state index contributed by atoms with van der Waals surface area (Å²) in [6.07, 6.45) is 1.19. The van der Waals surface area contributed by atoms with E-state index in [1.165, 1.54) is 26.4 Å². The number of aliphatic hydroxyl groups excluding tert-OH is 1. The summed E-state index contributed by atoms with van der Waals surface area (Å²) < 4.78 is 24.0. The van der Waals surface area contributed by atoms with Gasteiger partial charge in [-0.1, -0.05) is 0 Å². The van der Waals surface area contributed by atoms with Crippen molar-refractivity contribution in [1.82, 2.24) is 0 Å². The Kier molecular flexibility index (Phi) is 3.73. The molecule has 1 saturated carbocycles. The summed E-state index contributed by atoms with van der Waals surface area (Å²) in [6.45, 7) is 0. The highest BCUT2D eigenvalue weighted by atomic mass is 19.1. The molecule has 0 spiro atoms. The first kappa shape index (κ1) is 13.1. The van der Waals surface area contributed by atoms with Crippen molar-refractivity contribution in [3.63, 3.8) is 0 Å². The summed E-state index contributed by atoms with van der Waals surface area (Å²) in [5.74, 6) is 0.423. The maximum atomic E-state index is 13.9. The molecule has 100 valence electrons. The molecule has 1 fully saturated rings. The van der Waals surface area contributed by atoms with E-state index in [-0.39, 0.29) is 11.5 Å². The summed E-state index contributed by atoms with van der Waals surface area (Å²) in [5, 5.41) is 9.96. The highest BCUT2D eigenvalue weighted by Gasteiger charge is 2.35. The molecule has 5 heteroatoms. The van der Waals surface area contributed by atoms with Crippen LogP contribution in [-0.4, -0.2) is 25.4 Å². The summed E-state index contributed by atoms with van der Waals surface area (Å²) in [4.78, 5) is 0. The molecule has 0 radical (unpaired) electrons. The predicted molar refractivity (Wildman–Crippen MR) is 65.2 cm³/mol. The Balaban J connectivity index is 2.31. The molecule has 2 atom stereocenters. The molecule has 0 aliphatic heterocycles. The van der Waals surface area contributed by atoms with Gasteiger partial charge in [0.1, 0.15) is 5.82 Å². The second-order valence-corrected chi connectivity index (χ2v) is 4.58. The van der Waals surface area contributed by atoms with Crippen LogP contribution in [-0.2, 0) is 0 Å². The lowest BCUT2D eigenvalue weighted by molar-refractivity contribution is 0.120. The monoisotopic (exact) mass is 255 g/mol. The largest absolute Gasteiger partial charge is 0.493 e. The van der Waals surface area contributed by atoms with Crippen LogP contribution in [0.2, 0.25) is 0 Å². The van der Waals surface area contributed by atoms with Gasteiger partial charge >= 0.3 is 0 Å².